The number of guanidine groups is 1. The van der Waals surface area contributed by atoms with Crippen LogP contribution < -0.4 is 16.0 Å². The van der Waals surface area contributed by atoms with Gasteiger partial charge in [0.05, 0.1) is 0 Å². The van der Waals surface area contributed by atoms with Gasteiger partial charge in [0.1, 0.15) is 0 Å². The Bertz CT molecular complexity index is 278. The Morgan fingerprint density at radius 3 is 2.37 bits per heavy atom. The second-order valence-corrected chi connectivity index (χ2v) is 4.81. The van der Waals surface area contributed by atoms with Crippen molar-refractivity contribution in [3.05, 3.63) is 0 Å². The molecule has 0 aromatic heterocycles. The van der Waals surface area contributed by atoms with E-state index in [1.807, 2.05) is 7.05 Å². The zero-order valence-corrected chi connectivity index (χ0v) is 14.3. The zero-order chi connectivity index (χ0) is 13.2. The highest BCUT2D eigenvalue weighted by Crippen LogP contribution is 2.25. The van der Waals surface area contributed by atoms with E-state index in [2.05, 4.69) is 20.9 Å². The van der Waals surface area contributed by atoms with Gasteiger partial charge in [0.15, 0.2) is 5.96 Å². The van der Waals surface area contributed by atoms with Gasteiger partial charge in [-0.1, -0.05) is 19.3 Å². The predicted octanol–water partition coefficient (Wildman–Crippen LogP) is 1.49. The minimum atomic E-state index is 0. The topological polar surface area (TPSA) is 65.5 Å². The molecule has 1 aliphatic rings. The fourth-order valence-corrected chi connectivity index (χ4v) is 2.39. The van der Waals surface area contributed by atoms with E-state index in [1.54, 1.807) is 7.05 Å². The number of amides is 1. The van der Waals surface area contributed by atoms with Crippen LogP contribution in [0, 0.1) is 5.92 Å². The van der Waals surface area contributed by atoms with E-state index in [4.69, 9.17) is 0 Å². The van der Waals surface area contributed by atoms with Crippen molar-refractivity contribution >= 4 is 35.8 Å². The number of nitrogens with zero attached hydrogens (tertiary/aromatic N) is 1. The van der Waals surface area contributed by atoms with E-state index < -0.39 is 0 Å². The molecule has 0 aromatic rings. The van der Waals surface area contributed by atoms with E-state index in [9.17, 15) is 4.79 Å². The molecule has 1 fully saturated rings. The molecule has 0 unspecified atom stereocenters. The second kappa shape index (κ2) is 11.3. The second-order valence-electron chi connectivity index (χ2n) is 4.81. The van der Waals surface area contributed by atoms with Crippen molar-refractivity contribution in [3.8, 4) is 0 Å². The maximum Gasteiger partial charge on any atom is 0.220 e. The van der Waals surface area contributed by atoms with Gasteiger partial charge in [0.25, 0.3) is 0 Å². The predicted molar refractivity (Wildman–Crippen MR) is 90.0 cm³/mol. The molecule has 0 spiro atoms. The number of carbonyl (C=O) groups is 1. The maximum absolute atomic E-state index is 11.7. The van der Waals surface area contributed by atoms with E-state index >= 15 is 0 Å². The van der Waals surface area contributed by atoms with Crippen molar-refractivity contribution in [2.45, 2.75) is 38.5 Å². The number of halogens is 1. The van der Waals surface area contributed by atoms with Gasteiger partial charge in [-0.15, -0.1) is 24.0 Å². The molecule has 0 heterocycles. The van der Waals surface area contributed by atoms with Crippen LogP contribution in [0.3, 0.4) is 0 Å². The molecule has 1 aliphatic carbocycles. The Hall–Kier alpha value is -0.530. The SMILES string of the molecule is CN=C(NC)NCCNC(=O)CC1CCCCC1.I. The summed E-state index contributed by atoms with van der Waals surface area (Å²) < 4.78 is 0. The zero-order valence-electron chi connectivity index (χ0n) is 12.0. The lowest BCUT2D eigenvalue weighted by molar-refractivity contribution is -0.122. The fraction of sp³-hybridized carbons (Fsp3) is 0.846. The first-order valence-corrected chi connectivity index (χ1v) is 6.91. The molecule has 0 saturated heterocycles. The summed E-state index contributed by atoms with van der Waals surface area (Å²) in [4.78, 5) is 15.7. The Morgan fingerprint density at radius 2 is 1.79 bits per heavy atom. The van der Waals surface area contributed by atoms with E-state index in [0.29, 0.717) is 25.4 Å². The Kier molecular flexibility index (Phi) is 11.0. The summed E-state index contributed by atoms with van der Waals surface area (Å²) in [7, 11) is 3.54. The first kappa shape index (κ1) is 18.5. The average molecular weight is 382 g/mol. The van der Waals surface area contributed by atoms with Gasteiger partial charge >= 0.3 is 0 Å². The molecule has 0 aromatic carbocycles. The minimum Gasteiger partial charge on any atom is -0.359 e. The van der Waals surface area contributed by atoms with E-state index in [-0.39, 0.29) is 29.9 Å². The standard InChI is InChI=1S/C13H26N4O.HI/c1-14-13(15-2)17-9-8-16-12(18)10-11-6-4-3-5-7-11;/h11H,3-10H2,1-2H3,(H,16,18)(H2,14,15,17);1H. The maximum atomic E-state index is 11.7. The average Bonchev–Trinajstić information content (AvgIpc) is 2.40. The van der Waals surface area contributed by atoms with Gasteiger partial charge < -0.3 is 16.0 Å². The summed E-state index contributed by atoms with van der Waals surface area (Å²) in [5.41, 5.74) is 0. The lowest BCUT2D eigenvalue weighted by Gasteiger charge is -2.20. The number of aliphatic imine (C=N–C) groups is 1. The first-order valence-electron chi connectivity index (χ1n) is 6.91. The normalized spacial score (nSPS) is 16.4. The van der Waals surface area contributed by atoms with E-state index in [1.165, 1.54) is 32.1 Å². The van der Waals surface area contributed by atoms with Crippen LogP contribution in [0.15, 0.2) is 4.99 Å². The Morgan fingerprint density at radius 1 is 1.16 bits per heavy atom. The highest BCUT2D eigenvalue weighted by atomic mass is 127. The summed E-state index contributed by atoms with van der Waals surface area (Å²) in [5, 5.41) is 8.98. The molecule has 5 nitrogen and oxygen atoms in total. The summed E-state index contributed by atoms with van der Waals surface area (Å²) in [6.07, 6.45) is 7.05. The van der Waals surface area contributed by atoms with Crippen LogP contribution in [0.5, 0.6) is 0 Å². The van der Waals surface area contributed by atoms with Crippen LogP contribution in [-0.2, 0) is 4.79 Å². The lowest BCUT2D eigenvalue weighted by atomic mass is 9.87. The molecule has 0 atom stereocenters. The van der Waals surface area contributed by atoms with Gasteiger partial charge in [-0.2, -0.15) is 0 Å². The van der Waals surface area contributed by atoms with Crippen molar-refractivity contribution in [2.24, 2.45) is 10.9 Å². The van der Waals surface area contributed by atoms with Gasteiger partial charge in [0.2, 0.25) is 5.91 Å². The van der Waals surface area contributed by atoms with Crippen molar-refractivity contribution < 1.29 is 4.79 Å². The number of nitrogens with one attached hydrogen (secondary N) is 3. The van der Waals surface area contributed by atoms with Gasteiger partial charge in [-0.05, 0) is 18.8 Å². The van der Waals surface area contributed by atoms with Crippen LogP contribution in [0.2, 0.25) is 0 Å². The molecule has 0 bridgehead atoms. The Labute approximate surface area is 133 Å². The molecule has 0 aliphatic heterocycles. The highest BCUT2D eigenvalue weighted by Gasteiger charge is 2.16. The van der Waals surface area contributed by atoms with Crippen LogP contribution in [0.4, 0.5) is 0 Å². The summed E-state index contributed by atoms with van der Waals surface area (Å²) in [6, 6.07) is 0. The van der Waals surface area contributed by atoms with Gasteiger partial charge in [0, 0.05) is 33.6 Å². The molecule has 19 heavy (non-hydrogen) atoms. The van der Waals surface area contributed by atoms with Crippen LogP contribution >= 0.6 is 24.0 Å². The van der Waals surface area contributed by atoms with Crippen molar-refractivity contribution in [2.75, 3.05) is 27.2 Å². The van der Waals surface area contributed by atoms with Gasteiger partial charge in [-0.3, -0.25) is 9.79 Å². The van der Waals surface area contributed by atoms with Gasteiger partial charge in [-0.25, -0.2) is 0 Å². The van der Waals surface area contributed by atoms with Crippen LogP contribution in [-0.4, -0.2) is 39.1 Å². The largest absolute Gasteiger partial charge is 0.359 e. The summed E-state index contributed by atoms with van der Waals surface area (Å²) in [5.74, 6) is 1.54. The number of carbonyl (C=O) groups excluding carboxylic acids is 1. The van der Waals surface area contributed by atoms with E-state index in [0.717, 1.165) is 5.96 Å². The quantitative estimate of drug-likeness (QED) is 0.292. The van der Waals surface area contributed by atoms with Crippen LogP contribution in [0.25, 0.3) is 0 Å². The third kappa shape index (κ3) is 8.28. The number of hydrogen-bond donors (Lipinski definition) is 3. The molecule has 1 saturated carbocycles. The summed E-state index contributed by atoms with van der Waals surface area (Å²) >= 11 is 0. The lowest BCUT2D eigenvalue weighted by Crippen LogP contribution is -2.40. The van der Waals surface area contributed by atoms with Crippen molar-refractivity contribution in [1.82, 2.24) is 16.0 Å². The van der Waals surface area contributed by atoms with Crippen LogP contribution in [0.1, 0.15) is 38.5 Å². The number of rotatable bonds is 5. The minimum absolute atomic E-state index is 0. The fourth-order valence-electron chi connectivity index (χ4n) is 2.39. The third-order valence-corrected chi connectivity index (χ3v) is 3.40. The monoisotopic (exact) mass is 382 g/mol. The first-order chi connectivity index (χ1) is 8.76. The molecule has 3 N–H and O–H groups in total. The highest BCUT2D eigenvalue weighted by molar-refractivity contribution is 14.0. The molecular formula is C13H27IN4O. The molecule has 0 radical (unpaired) electrons. The summed E-state index contributed by atoms with van der Waals surface area (Å²) in [6.45, 7) is 1.34. The molecule has 1 amide bonds. The molecule has 1 rings (SSSR count). The molecular weight excluding hydrogens is 355 g/mol. The molecule has 6 heteroatoms. The third-order valence-electron chi connectivity index (χ3n) is 3.40. The Balaban J connectivity index is 0.00000324. The molecule has 112 valence electrons. The van der Waals surface area contributed by atoms with Crippen molar-refractivity contribution in [3.63, 3.8) is 0 Å². The van der Waals surface area contributed by atoms with Crippen molar-refractivity contribution in [1.29, 1.82) is 0 Å². The number of hydrogen-bond acceptors (Lipinski definition) is 2. The smallest absolute Gasteiger partial charge is 0.220 e.